The zero-order valence-electron chi connectivity index (χ0n) is 10.9. The molecule has 0 saturated heterocycles. The van der Waals surface area contributed by atoms with Crippen molar-refractivity contribution in [3.8, 4) is 23.2 Å². The number of benzene rings is 1. The summed E-state index contributed by atoms with van der Waals surface area (Å²) in [7, 11) is 1.57. The number of rotatable bonds is 3. The molecule has 2 N–H and O–H groups in total. The van der Waals surface area contributed by atoms with Gasteiger partial charge < -0.3 is 10.5 Å². The largest absolute Gasteiger partial charge is 0.481 e. The molecule has 1 aromatic carbocycles. The maximum Gasteiger partial charge on any atom is 0.238 e. The van der Waals surface area contributed by atoms with Crippen LogP contribution in [0.15, 0.2) is 48.9 Å². The van der Waals surface area contributed by atoms with Crippen LogP contribution in [0.25, 0.3) is 17.3 Å². The van der Waals surface area contributed by atoms with Crippen molar-refractivity contribution >= 4 is 5.69 Å². The van der Waals surface area contributed by atoms with Gasteiger partial charge in [0.25, 0.3) is 0 Å². The average molecular weight is 267 g/mol. The summed E-state index contributed by atoms with van der Waals surface area (Å²) in [5.41, 5.74) is 7.40. The maximum atomic E-state index is 5.81. The zero-order chi connectivity index (χ0) is 13.9. The number of imidazole rings is 1. The van der Waals surface area contributed by atoms with Gasteiger partial charge in [0.1, 0.15) is 5.82 Å². The molecule has 0 bridgehead atoms. The maximum absolute atomic E-state index is 5.81. The number of methoxy groups -OCH3 is 1. The molecular weight excluding hydrogens is 254 g/mol. The monoisotopic (exact) mass is 267 g/mol. The van der Waals surface area contributed by atoms with Crippen molar-refractivity contribution in [2.24, 2.45) is 0 Å². The molecule has 6 heteroatoms. The molecule has 3 aromatic rings. The predicted molar refractivity (Wildman–Crippen MR) is 75.6 cm³/mol. The number of anilines is 1. The van der Waals surface area contributed by atoms with Crippen LogP contribution < -0.4 is 10.5 Å². The Morgan fingerprint density at radius 1 is 1.15 bits per heavy atom. The fraction of sp³-hybridized carbons (Fsp3) is 0.0714. The summed E-state index contributed by atoms with van der Waals surface area (Å²) < 4.78 is 6.90. The molecule has 2 aromatic heterocycles. The first-order chi connectivity index (χ1) is 9.78. The number of ether oxygens (including phenoxy) is 1. The van der Waals surface area contributed by atoms with Gasteiger partial charge in [-0.2, -0.15) is 4.98 Å². The number of nitrogens with zero attached hydrogens (tertiary/aromatic N) is 4. The highest BCUT2D eigenvalue weighted by Crippen LogP contribution is 2.22. The van der Waals surface area contributed by atoms with E-state index in [-0.39, 0.29) is 0 Å². The summed E-state index contributed by atoms with van der Waals surface area (Å²) in [6.07, 6.45) is 5.14. The van der Waals surface area contributed by atoms with Crippen LogP contribution in [-0.2, 0) is 0 Å². The van der Waals surface area contributed by atoms with Crippen LogP contribution in [0, 0.1) is 0 Å². The summed E-state index contributed by atoms with van der Waals surface area (Å²) in [6, 6.07) is 9.21. The third-order valence-electron chi connectivity index (χ3n) is 2.83. The molecule has 2 heterocycles. The Morgan fingerprint density at radius 3 is 2.85 bits per heavy atom. The summed E-state index contributed by atoms with van der Waals surface area (Å²) in [6.45, 7) is 0. The Hall–Kier alpha value is -2.89. The van der Waals surface area contributed by atoms with Gasteiger partial charge >= 0.3 is 0 Å². The second-order valence-electron chi connectivity index (χ2n) is 4.15. The highest BCUT2D eigenvalue weighted by Gasteiger charge is 2.10. The first kappa shape index (κ1) is 12.2. The van der Waals surface area contributed by atoms with Gasteiger partial charge in [0, 0.05) is 35.9 Å². The highest BCUT2D eigenvalue weighted by atomic mass is 16.5. The molecule has 0 aliphatic carbocycles. The minimum absolute atomic E-state index is 0.499. The molecule has 3 rings (SSSR count). The van der Waals surface area contributed by atoms with E-state index in [9.17, 15) is 0 Å². The number of nitrogen functional groups attached to an aromatic ring is 1. The Bertz CT molecular complexity index is 738. The van der Waals surface area contributed by atoms with Crippen LogP contribution in [0.4, 0.5) is 5.69 Å². The van der Waals surface area contributed by atoms with Gasteiger partial charge in [0.05, 0.1) is 7.11 Å². The molecule has 20 heavy (non-hydrogen) atoms. The van der Waals surface area contributed by atoms with Crippen molar-refractivity contribution in [2.75, 3.05) is 12.8 Å². The number of hydrogen-bond donors (Lipinski definition) is 1. The number of hydrogen-bond acceptors (Lipinski definition) is 5. The fourth-order valence-electron chi connectivity index (χ4n) is 1.92. The third-order valence-corrected chi connectivity index (χ3v) is 2.83. The van der Waals surface area contributed by atoms with Crippen LogP contribution in [0.1, 0.15) is 0 Å². The van der Waals surface area contributed by atoms with Crippen LogP contribution in [0.3, 0.4) is 0 Å². The third kappa shape index (κ3) is 2.18. The summed E-state index contributed by atoms with van der Waals surface area (Å²) >= 11 is 0. The lowest BCUT2D eigenvalue weighted by Gasteiger charge is -2.07. The van der Waals surface area contributed by atoms with Gasteiger partial charge in [-0.25, -0.2) is 9.97 Å². The van der Waals surface area contributed by atoms with E-state index < -0.39 is 0 Å². The highest BCUT2D eigenvalue weighted by molar-refractivity contribution is 5.62. The Labute approximate surface area is 115 Å². The van der Waals surface area contributed by atoms with Crippen LogP contribution in [0.5, 0.6) is 5.88 Å². The standard InChI is InChI=1S/C14H13N5O/c1-20-12-5-6-17-14(18-12)19-8-7-16-13(19)10-3-2-4-11(15)9-10/h2-9H,15H2,1H3. The smallest absolute Gasteiger partial charge is 0.238 e. The predicted octanol–water partition coefficient (Wildman–Crippen LogP) is 1.92. The molecule has 0 radical (unpaired) electrons. The van der Waals surface area contributed by atoms with E-state index in [2.05, 4.69) is 15.0 Å². The normalized spacial score (nSPS) is 10.4. The molecule has 0 spiro atoms. The van der Waals surface area contributed by atoms with E-state index in [4.69, 9.17) is 10.5 Å². The van der Waals surface area contributed by atoms with E-state index >= 15 is 0 Å². The minimum atomic E-state index is 0.499. The lowest BCUT2D eigenvalue weighted by Crippen LogP contribution is -2.03. The average Bonchev–Trinajstić information content (AvgIpc) is 2.97. The van der Waals surface area contributed by atoms with E-state index in [1.54, 1.807) is 36.3 Å². The van der Waals surface area contributed by atoms with E-state index in [1.807, 2.05) is 24.3 Å². The summed E-state index contributed by atoms with van der Waals surface area (Å²) in [5, 5.41) is 0. The Kier molecular flexibility index (Phi) is 3.04. The van der Waals surface area contributed by atoms with Crippen molar-refractivity contribution in [1.29, 1.82) is 0 Å². The lowest BCUT2D eigenvalue weighted by molar-refractivity contribution is 0.396. The quantitative estimate of drug-likeness (QED) is 0.733. The molecule has 0 unspecified atom stereocenters. The van der Waals surface area contributed by atoms with Crippen molar-refractivity contribution < 1.29 is 4.74 Å². The van der Waals surface area contributed by atoms with E-state index in [0.29, 0.717) is 17.5 Å². The van der Waals surface area contributed by atoms with Crippen molar-refractivity contribution in [1.82, 2.24) is 19.5 Å². The van der Waals surface area contributed by atoms with Gasteiger partial charge in [-0.1, -0.05) is 12.1 Å². The Morgan fingerprint density at radius 2 is 2.05 bits per heavy atom. The van der Waals surface area contributed by atoms with Crippen LogP contribution in [0.2, 0.25) is 0 Å². The molecular formula is C14H13N5O. The minimum Gasteiger partial charge on any atom is -0.481 e. The van der Waals surface area contributed by atoms with Gasteiger partial charge in [-0.15, -0.1) is 0 Å². The first-order valence-corrected chi connectivity index (χ1v) is 6.04. The van der Waals surface area contributed by atoms with Crippen molar-refractivity contribution in [3.05, 3.63) is 48.9 Å². The van der Waals surface area contributed by atoms with E-state index in [1.165, 1.54) is 0 Å². The molecule has 0 saturated carbocycles. The molecule has 0 fully saturated rings. The first-order valence-electron chi connectivity index (χ1n) is 6.04. The van der Waals surface area contributed by atoms with Gasteiger partial charge in [0.15, 0.2) is 0 Å². The second kappa shape index (κ2) is 5.00. The zero-order valence-corrected chi connectivity index (χ0v) is 10.9. The Balaban J connectivity index is 2.10. The van der Waals surface area contributed by atoms with Gasteiger partial charge in [-0.3, -0.25) is 4.57 Å². The second-order valence-corrected chi connectivity index (χ2v) is 4.15. The molecule has 0 aliphatic heterocycles. The molecule has 0 amide bonds. The van der Waals surface area contributed by atoms with Crippen molar-refractivity contribution in [3.63, 3.8) is 0 Å². The van der Waals surface area contributed by atoms with E-state index in [0.717, 1.165) is 11.4 Å². The topological polar surface area (TPSA) is 78.8 Å². The molecule has 6 nitrogen and oxygen atoms in total. The fourth-order valence-corrected chi connectivity index (χ4v) is 1.92. The molecule has 0 atom stereocenters. The van der Waals surface area contributed by atoms with Gasteiger partial charge in [-0.05, 0) is 12.1 Å². The van der Waals surface area contributed by atoms with Crippen molar-refractivity contribution in [2.45, 2.75) is 0 Å². The number of nitrogens with two attached hydrogens (primary N) is 1. The molecule has 0 aliphatic rings. The van der Waals surface area contributed by atoms with Crippen LogP contribution >= 0.6 is 0 Å². The number of aromatic nitrogens is 4. The summed E-state index contributed by atoms with van der Waals surface area (Å²) in [5.74, 6) is 1.73. The lowest BCUT2D eigenvalue weighted by atomic mass is 10.2. The summed E-state index contributed by atoms with van der Waals surface area (Å²) in [4.78, 5) is 12.9. The molecule has 100 valence electrons. The SMILES string of the molecule is COc1ccnc(-n2ccnc2-c2cccc(N)c2)n1. The van der Waals surface area contributed by atoms with Crippen LogP contribution in [-0.4, -0.2) is 26.6 Å². The van der Waals surface area contributed by atoms with Gasteiger partial charge in [0.2, 0.25) is 11.8 Å².